The van der Waals surface area contributed by atoms with Gasteiger partial charge in [0.25, 0.3) is 0 Å². The maximum absolute atomic E-state index is 13.7. The van der Waals surface area contributed by atoms with Crippen LogP contribution in [0.1, 0.15) is 278 Å². The number of phenols is 12. The number of fused-ring (bicyclic) bond motifs is 12. The predicted molar refractivity (Wildman–Crippen MR) is 524 cm³/mol. The first-order valence-electron chi connectivity index (χ1n) is 47.4. The number of nitrogens with one attached hydrogen (secondary N) is 3. The minimum atomic E-state index is -2.19. The van der Waals surface area contributed by atoms with Gasteiger partial charge < -0.3 is 143 Å². The predicted octanol–water partition coefficient (Wildman–Crippen LogP) is 7.26. The van der Waals surface area contributed by atoms with Gasteiger partial charge in [-0.05, 0) is 131 Å². The second-order valence-corrected chi connectivity index (χ2v) is 37.9. The van der Waals surface area contributed by atoms with E-state index in [1.165, 1.54) is 93.9 Å². The van der Waals surface area contributed by atoms with Crippen LogP contribution < -0.4 is 36.9 Å². The summed E-state index contributed by atoms with van der Waals surface area (Å²) in [4.78, 5) is 155. The Balaban J connectivity index is 0.000000142. The Morgan fingerprint density at radius 3 is 1.26 bits per heavy atom. The van der Waals surface area contributed by atoms with Gasteiger partial charge >= 0.3 is 0 Å². The van der Waals surface area contributed by atoms with Crippen molar-refractivity contribution >= 4 is 80.8 Å². The van der Waals surface area contributed by atoms with Gasteiger partial charge in [0.2, 0.25) is 28.9 Å². The van der Waals surface area contributed by atoms with Crippen LogP contribution >= 0.6 is 0 Å². The van der Waals surface area contributed by atoms with Gasteiger partial charge in [-0.25, -0.2) is 0 Å². The molecule has 40 heteroatoms. The van der Waals surface area contributed by atoms with Crippen LogP contribution in [0.5, 0.6) is 80.5 Å². The Morgan fingerprint density at radius 2 is 0.797 bits per heavy atom. The molecule has 0 amide bonds. The van der Waals surface area contributed by atoms with Gasteiger partial charge in [-0.3, -0.25) is 57.5 Å². The second kappa shape index (κ2) is 42.6. The summed E-state index contributed by atoms with van der Waals surface area (Å²) in [6.07, 6.45) is -2.77. The molecule has 19 rings (SSSR count). The second-order valence-electron chi connectivity index (χ2n) is 37.9. The van der Waals surface area contributed by atoms with Gasteiger partial charge in [-0.2, -0.15) is 0 Å². The van der Waals surface area contributed by atoms with Crippen molar-refractivity contribution in [2.45, 2.75) is 158 Å². The third-order valence-corrected chi connectivity index (χ3v) is 28.3. The number of nitrogens with two attached hydrogens (primary N) is 2. The minimum absolute atomic E-state index is 0.00526. The highest BCUT2D eigenvalue weighted by Gasteiger charge is 2.54. The zero-order valence-electron chi connectivity index (χ0n) is 80.7. The number of carbonyl (C=O) groups excluding carboxylic acids is 12. The van der Waals surface area contributed by atoms with Crippen LogP contribution in [0.15, 0.2) is 115 Å². The summed E-state index contributed by atoms with van der Waals surface area (Å²) in [6, 6.07) is 25.5. The molecule has 2 saturated carbocycles. The van der Waals surface area contributed by atoms with Crippen molar-refractivity contribution in [3.63, 3.8) is 0 Å². The fourth-order valence-corrected chi connectivity index (χ4v) is 20.9. The number of ketones is 12. The normalized spacial score (nSPS) is 21.8. The zero-order valence-corrected chi connectivity index (χ0v) is 80.7. The van der Waals surface area contributed by atoms with E-state index in [0.717, 1.165) is 31.0 Å². The Labute approximate surface area is 842 Å². The van der Waals surface area contributed by atoms with Gasteiger partial charge in [0, 0.05) is 150 Å². The molecule has 776 valence electrons. The molecule has 12 atom stereocenters. The van der Waals surface area contributed by atoms with Crippen molar-refractivity contribution in [3.8, 4) is 80.5 Å². The first kappa shape index (κ1) is 107. The Hall–Kier alpha value is -15.4. The SMILES string of the molecule is COc1cccc2c1C(=O)c1c(O)c3c(c(O)c1C2=O)C[C@@](O)(C(=O)CO)C[C@@H]3O[C@@H]1CC(C)[C@@H](O)[C@H](N)C1.COc1cccc2c1C(=O)c1c(O)c3c(c(O)c1C2=O)C[C@@](O)(C(C)=O)C[C@@H]3O[C@@H]1CC(C)[C@@H](O)[C@H](N)C1.Cc1cc(O)c2c(c1)C(=O)c1cc(O)cc(O)c1C2=O.O=C1c2c(O)ccc(O)c2C(=O)c2c(NCCNCCO)ccc(NCCCCCO)c21.O=C1c2ccccc2C(=O)c2c(O)c(O)cc(O)c21. The molecular formula is C108H109N5O35. The summed E-state index contributed by atoms with van der Waals surface area (Å²) in [5.41, 5.74) is 6.93. The van der Waals surface area contributed by atoms with Crippen LogP contribution in [0.3, 0.4) is 0 Å². The maximum Gasteiger partial charge on any atom is 0.202 e. The number of ether oxygens (including phenoxy) is 4. The first-order valence-corrected chi connectivity index (χ1v) is 47.4. The van der Waals surface area contributed by atoms with E-state index in [-0.39, 0.29) is 202 Å². The van der Waals surface area contributed by atoms with Crippen LogP contribution in [0.4, 0.5) is 11.4 Å². The zero-order chi connectivity index (χ0) is 107. The molecule has 0 heterocycles. The molecule has 0 radical (unpaired) electrons. The molecule has 2 fully saturated rings. The van der Waals surface area contributed by atoms with Gasteiger partial charge in [0.1, 0.15) is 86.8 Å². The lowest BCUT2D eigenvalue weighted by Crippen LogP contribution is -2.50. The average Bonchev–Trinajstić information content (AvgIpc) is 0.708. The van der Waals surface area contributed by atoms with E-state index in [2.05, 4.69) is 16.0 Å². The number of carbonyl (C=O) groups is 12. The quantitative estimate of drug-likeness (QED) is 0.0191. The fourth-order valence-electron chi connectivity index (χ4n) is 20.9. The number of aromatic hydroxyl groups is 12. The number of methoxy groups -OCH3 is 2. The molecule has 0 spiro atoms. The molecular weight excluding hydrogens is 1930 g/mol. The number of aliphatic hydroxyl groups is 7. The highest BCUT2D eigenvalue weighted by molar-refractivity contribution is 6.36. The van der Waals surface area contributed by atoms with E-state index in [1.807, 2.05) is 6.92 Å². The molecule has 26 N–H and O–H groups in total. The van der Waals surface area contributed by atoms with Crippen LogP contribution in [0.25, 0.3) is 0 Å². The number of hydrogen-bond acceptors (Lipinski definition) is 40. The van der Waals surface area contributed by atoms with E-state index < -0.39 is 211 Å². The van der Waals surface area contributed by atoms with Crippen LogP contribution in [0.2, 0.25) is 0 Å². The molecule has 9 aliphatic rings. The summed E-state index contributed by atoms with van der Waals surface area (Å²) < 4.78 is 23.1. The standard InChI is InChI=1S/C28H31NO10.C28H31NO9.C23H29N3O6.C15H10O5.C14H8O5/c1-11-6-12(7-15(29)23(11)32)39-17-9-28(37,18(31)10-30)8-14-20(17)27(36)22-21(25(14)34)24(33)13-4-3-5-16(38-2)19(13)26(22)35;1-11-7-13(8-16(29)23(11)31)38-18-10-28(36,12(2)30)9-15-20(18)27(35)22-21(25(15)33)24(32)14-5-4-6-17(37-3)19(14)26(22)34;27-12-3-1-2-8-25-14-4-5-15(26-10-9-24-11-13-28)19-18(14)22(31)20-16(29)6-7-17(30)21(20)23(19)32;1-6-2-8-12(10(17)3-6)15(20)13-9(14(8)19)4-7(16)5-11(13)18;15-8-5-9(16)14(19)11-10(8)12(17)6-3-1-2-4-7(6)13(11)18/h3-5,11-12,15,17,23,30,32,34,36-37H,6-10,29H2,1-2H3;4-6,11,13,16,18,23,31,33,35-36H,7-10,29H2,1-3H3;4-7,24-30H,1-3,8-13H2;2-5,16-18H,1H3;1-5,15-16,19H/t11?,12-,15-,17+,23-,28+;11?,13-,16-,18+,23-,28+;;;/m11.../s1. The summed E-state index contributed by atoms with van der Waals surface area (Å²) in [7, 11) is 2.69. The number of aryl methyl sites for hydroxylation is 1. The lowest BCUT2D eigenvalue weighted by atomic mass is 9.71. The van der Waals surface area contributed by atoms with Crippen molar-refractivity contribution in [1.82, 2.24) is 5.32 Å². The van der Waals surface area contributed by atoms with Crippen LogP contribution in [-0.2, 0) is 31.9 Å². The van der Waals surface area contributed by atoms with E-state index >= 15 is 0 Å². The smallest absolute Gasteiger partial charge is 0.202 e. The van der Waals surface area contributed by atoms with Crippen molar-refractivity contribution in [2.75, 3.05) is 70.9 Å². The molecule has 9 aliphatic carbocycles. The van der Waals surface area contributed by atoms with E-state index in [4.69, 9.17) is 40.6 Å². The summed E-state index contributed by atoms with van der Waals surface area (Å²) >= 11 is 0. The van der Waals surface area contributed by atoms with Crippen molar-refractivity contribution in [3.05, 3.63) is 254 Å². The summed E-state index contributed by atoms with van der Waals surface area (Å²) in [5, 5.41) is 204. The van der Waals surface area contributed by atoms with Gasteiger partial charge in [0.05, 0.1) is 135 Å². The number of phenolic OH excluding ortho intramolecular Hbond substituents is 12. The molecule has 40 nitrogen and oxygen atoms in total. The molecule has 0 bridgehead atoms. The Bertz CT molecular complexity index is 7040. The Morgan fingerprint density at radius 1 is 0.385 bits per heavy atom. The van der Waals surface area contributed by atoms with E-state index in [0.29, 0.717) is 62.4 Å². The number of aliphatic hydroxyl groups excluding tert-OH is 5. The van der Waals surface area contributed by atoms with Crippen LogP contribution in [0, 0.1) is 18.8 Å². The van der Waals surface area contributed by atoms with Crippen molar-refractivity contribution in [2.24, 2.45) is 23.3 Å². The van der Waals surface area contributed by atoms with Crippen LogP contribution in [-0.4, -0.2) is 274 Å². The number of hydrogen-bond donors (Lipinski definition) is 24. The third kappa shape index (κ3) is 19.2. The molecule has 10 aromatic rings. The highest BCUT2D eigenvalue weighted by Crippen LogP contribution is 2.57. The van der Waals surface area contributed by atoms with E-state index in [9.17, 15) is 144 Å². The number of anilines is 2. The lowest BCUT2D eigenvalue weighted by Gasteiger charge is -2.42. The monoisotopic (exact) mass is 2040 g/mol. The highest BCUT2D eigenvalue weighted by atomic mass is 16.5. The molecule has 2 unspecified atom stereocenters. The van der Waals surface area contributed by atoms with Gasteiger partial charge in [0.15, 0.2) is 52.0 Å². The number of unbranched alkanes of at least 4 members (excludes halogenated alkanes) is 2. The molecule has 0 aliphatic heterocycles. The van der Waals surface area contributed by atoms with Gasteiger partial charge in [-0.1, -0.05) is 62.4 Å². The molecule has 0 aromatic heterocycles. The third-order valence-electron chi connectivity index (χ3n) is 28.3. The number of benzene rings is 10. The number of rotatable bonds is 21. The fraction of sp³-hybridized carbons (Fsp3) is 0.333. The largest absolute Gasteiger partial charge is 0.508 e. The Kier molecular flexibility index (Phi) is 30.7. The van der Waals surface area contributed by atoms with Gasteiger partial charge in [-0.15, -0.1) is 0 Å². The molecule has 148 heavy (non-hydrogen) atoms. The minimum Gasteiger partial charge on any atom is -0.508 e. The van der Waals surface area contributed by atoms with Crippen molar-refractivity contribution < 1.29 is 174 Å². The number of Topliss-reactive ketones (excluding diaryl/α,β-unsaturated/α-hetero) is 2. The summed E-state index contributed by atoms with van der Waals surface area (Å²) in [6.45, 7) is 7.64. The average molecular weight is 2040 g/mol. The first-order chi connectivity index (χ1) is 70.2. The topological polar surface area (TPSA) is 714 Å². The maximum atomic E-state index is 13.7. The summed E-state index contributed by atoms with van der Waals surface area (Å²) in [5.74, 6) is -14.0. The van der Waals surface area contributed by atoms with Crippen molar-refractivity contribution in [1.29, 1.82) is 0 Å². The lowest BCUT2D eigenvalue weighted by molar-refractivity contribution is -0.151. The van der Waals surface area contributed by atoms with E-state index in [1.54, 1.807) is 38.1 Å². The molecule has 10 aromatic carbocycles. The molecule has 0 saturated heterocycles.